The molecule has 0 bridgehead atoms. The third kappa shape index (κ3) is 4.56. The van der Waals surface area contributed by atoms with Crippen molar-refractivity contribution in [3.8, 4) is 5.75 Å². The summed E-state index contributed by atoms with van der Waals surface area (Å²) in [5.41, 5.74) is 1.26. The molecule has 35 heavy (non-hydrogen) atoms. The summed E-state index contributed by atoms with van der Waals surface area (Å²) in [5.74, 6) is -1.91. The fourth-order valence-electron chi connectivity index (χ4n) is 4.16. The van der Waals surface area contributed by atoms with Crippen LogP contribution in [-0.2, 0) is 19.1 Å². The van der Waals surface area contributed by atoms with Crippen LogP contribution in [0, 0.1) is 0 Å². The highest BCUT2D eigenvalue weighted by molar-refractivity contribution is 6.45. The summed E-state index contributed by atoms with van der Waals surface area (Å²) in [6.45, 7) is 0. The number of likely N-dealkylation sites (tertiary alicyclic amines) is 1. The summed E-state index contributed by atoms with van der Waals surface area (Å²) >= 11 is 0. The summed E-state index contributed by atoms with van der Waals surface area (Å²) in [6.07, 6.45) is 0. The van der Waals surface area contributed by atoms with Gasteiger partial charge in [-0.1, -0.05) is 78.0 Å². The van der Waals surface area contributed by atoms with Gasteiger partial charge in [0.1, 0.15) is 11.8 Å². The second kappa shape index (κ2) is 10.1. The molecule has 178 valence electrons. The summed E-state index contributed by atoms with van der Waals surface area (Å²) in [7, 11) is 1.22. The number of nitrogens with zero attached hydrogens (tertiary/aromatic N) is 2. The molecule has 0 aliphatic carbocycles. The van der Waals surface area contributed by atoms with Crippen molar-refractivity contribution >= 4 is 23.5 Å². The number of esters is 1. The molecule has 2 amide bonds. The van der Waals surface area contributed by atoms with Gasteiger partial charge in [0.05, 0.1) is 13.2 Å². The zero-order chi connectivity index (χ0) is 24.9. The number of phenols is 1. The third-order valence-corrected chi connectivity index (χ3v) is 5.84. The Bertz CT molecular complexity index is 1250. The number of methoxy groups -OCH3 is 1. The van der Waals surface area contributed by atoms with Crippen molar-refractivity contribution < 1.29 is 29.4 Å². The van der Waals surface area contributed by atoms with E-state index in [4.69, 9.17) is 4.74 Å². The number of aromatic hydroxyl groups is 1. The number of oxime groups is 1. The van der Waals surface area contributed by atoms with Crippen LogP contribution in [0.5, 0.6) is 5.75 Å². The molecule has 3 unspecified atom stereocenters. The lowest BCUT2D eigenvalue weighted by Gasteiger charge is -2.50. The molecule has 9 nitrogen and oxygen atoms in total. The topological polar surface area (TPSA) is 129 Å². The van der Waals surface area contributed by atoms with E-state index in [1.165, 1.54) is 36.3 Å². The number of nitrogens with one attached hydrogen (secondary N) is 1. The molecule has 0 saturated carbocycles. The molecule has 3 atom stereocenters. The van der Waals surface area contributed by atoms with E-state index in [9.17, 15) is 24.7 Å². The van der Waals surface area contributed by atoms with Crippen molar-refractivity contribution in [3.63, 3.8) is 0 Å². The zero-order valence-electron chi connectivity index (χ0n) is 18.7. The minimum absolute atomic E-state index is 0.00813. The summed E-state index contributed by atoms with van der Waals surface area (Å²) in [5, 5.41) is 24.9. The van der Waals surface area contributed by atoms with Crippen molar-refractivity contribution in [1.29, 1.82) is 0 Å². The minimum atomic E-state index is -1.11. The molecule has 0 aromatic heterocycles. The lowest BCUT2D eigenvalue weighted by molar-refractivity contribution is -0.169. The van der Waals surface area contributed by atoms with Gasteiger partial charge in [-0.25, -0.2) is 4.79 Å². The van der Waals surface area contributed by atoms with Gasteiger partial charge in [0.15, 0.2) is 11.8 Å². The maximum Gasteiger partial charge on any atom is 0.333 e. The minimum Gasteiger partial charge on any atom is -0.508 e. The lowest BCUT2D eigenvalue weighted by atomic mass is 9.84. The Morgan fingerprint density at radius 3 is 2.14 bits per heavy atom. The van der Waals surface area contributed by atoms with E-state index in [-0.39, 0.29) is 11.5 Å². The first-order valence-corrected chi connectivity index (χ1v) is 10.8. The first-order valence-electron chi connectivity index (χ1n) is 10.8. The second-order valence-corrected chi connectivity index (χ2v) is 7.88. The molecular weight excluding hydrogens is 450 g/mol. The number of hydrogen-bond acceptors (Lipinski definition) is 7. The molecule has 1 aliphatic rings. The van der Waals surface area contributed by atoms with Crippen LogP contribution in [0.25, 0.3) is 0 Å². The molecule has 1 saturated heterocycles. The van der Waals surface area contributed by atoms with E-state index in [0.717, 1.165) is 0 Å². The van der Waals surface area contributed by atoms with Gasteiger partial charge in [0.25, 0.3) is 5.91 Å². The molecule has 1 aliphatic heterocycles. The average molecular weight is 473 g/mol. The highest BCUT2D eigenvalue weighted by Gasteiger charge is 2.54. The second-order valence-electron chi connectivity index (χ2n) is 7.88. The molecule has 0 spiro atoms. The van der Waals surface area contributed by atoms with E-state index in [1.807, 2.05) is 6.07 Å². The Labute approximate surface area is 201 Å². The molecule has 0 radical (unpaired) electrons. The maximum atomic E-state index is 13.4. The normalized spacial score (nSPS) is 18.4. The molecule has 3 aromatic rings. The van der Waals surface area contributed by atoms with Crippen LogP contribution in [-0.4, -0.2) is 51.9 Å². The van der Waals surface area contributed by atoms with E-state index in [0.29, 0.717) is 16.7 Å². The molecule has 4 rings (SSSR count). The molecule has 1 fully saturated rings. The highest BCUT2D eigenvalue weighted by Crippen LogP contribution is 2.42. The van der Waals surface area contributed by atoms with Crippen LogP contribution in [0.3, 0.4) is 0 Å². The standard InChI is InChI=1S/C26H23N3O6/c1-35-26(33)23(18-12-14-19(30)15-13-18)29-22(17-10-6-3-7-11-17)21(25(29)32)27-24(31)20(28-34)16-8-4-2-5-9-16/h2-15,21-23,30,34H,1H3,(H,27,31). The highest BCUT2D eigenvalue weighted by atomic mass is 16.5. The van der Waals surface area contributed by atoms with Crippen molar-refractivity contribution in [2.45, 2.75) is 18.1 Å². The predicted octanol–water partition coefficient (Wildman–Crippen LogP) is 2.55. The number of carbonyl (C=O) groups is 3. The van der Waals surface area contributed by atoms with Crippen LogP contribution in [0.4, 0.5) is 0 Å². The van der Waals surface area contributed by atoms with Crippen LogP contribution >= 0.6 is 0 Å². The van der Waals surface area contributed by atoms with Gasteiger partial charge in [0, 0.05) is 5.56 Å². The fourth-order valence-corrected chi connectivity index (χ4v) is 4.16. The monoisotopic (exact) mass is 473 g/mol. The van der Waals surface area contributed by atoms with E-state index in [1.54, 1.807) is 54.6 Å². The van der Waals surface area contributed by atoms with E-state index < -0.39 is 35.9 Å². The Morgan fingerprint density at radius 2 is 1.57 bits per heavy atom. The van der Waals surface area contributed by atoms with Gasteiger partial charge in [0.2, 0.25) is 5.91 Å². The van der Waals surface area contributed by atoms with Crippen LogP contribution in [0.1, 0.15) is 28.8 Å². The molecule has 9 heteroatoms. The Morgan fingerprint density at radius 1 is 0.971 bits per heavy atom. The van der Waals surface area contributed by atoms with Crippen molar-refractivity contribution in [2.75, 3.05) is 7.11 Å². The molecule has 3 aromatic carbocycles. The first kappa shape index (κ1) is 23.5. The average Bonchev–Trinajstić information content (AvgIpc) is 2.89. The molecule has 3 N–H and O–H groups in total. The third-order valence-electron chi connectivity index (χ3n) is 5.84. The SMILES string of the molecule is COC(=O)C(c1ccc(O)cc1)N1C(=O)C(NC(=O)C(=NO)c2ccccc2)C1c1ccccc1. The van der Waals surface area contributed by atoms with Gasteiger partial charge in [-0.2, -0.15) is 0 Å². The van der Waals surface area contributed by atoms with Crippen LogP contribution < -0.4 is 5.32 Å². The Kier molecular flexibility index (Phi) is 6.77. The Hall–Kier alpha value is -4.66. The first-order chi connectivity index (χ1) is 17.0. The van der Waals surface area contributed by atoms with Gasteiger partial charge in [-0.15, -0.1) is 0 Å². The maximum absolute atomic E-state index is 13.4. The number of hydrogen-bond donors (Lipinski definition) is 3. The van der Waals surface area contributed by atoms with E-state index in [2.05, 4.69) is 10.5 Å². The van der Waals surface area contributed by atoms with Crippen molar-refractivity contribution in [3.05, 3.63) is 102 Å². The fraction of sp³-hybridized carbons (Fsp3) is 0.154. The van der Waals surface area contributed by atoms with Gasteiger partial charge in [-0.3, -0.25) is 9.59 Å². The van der Waals surface area contributed by atoms with Crippen molar-refractivity contribution in [1.82, 2.24) is 10.2 Å². The number of β-lactam (4-membered cyclic amide) rings is 1. The van der Waals surface area contributed by atoms with E-state index >= 15 is 0 Å². The number of carbonyl (C=O) groups excluding carboxylic acids is 3. The number of rotatable bonds is 7. The number of ether oxygens (including phenoxy) is 1. The zero-order valence-corrected chi connectivity index (χ0v) is 18.7. The largest absolute Gasteiger partial charge is 0.508 e. The van der Waals surface area contributed by atoms with Crippen LogP contribution in [0.15, 0.2) is 90.1 Å². The van der Waals surface area contributed by atoms with Gasteiger partial charge < -0.3 is 25.3 Å². The quantitative estimate of drug-likeness (QED) is 0.159. The smallest absolute Gasteiger partial charge is 0.333 e. The molecule has 1 heterocycles. The van der Waals surface area contributed by atoms with Crippen LogP contribution in [0.2, 0.25) is 0 Å². The molecular formula is C26H23N3O6. The lowest BCUT2D eigenvalue weighted by Crippen LogP contribution is -2.67. The van der Waals surface area contributed by atoms with Gasteiger partial charge in [-0.05, 0) is 23.3 Å². The number of amides is 2. The number of benzene rings is 3. The summed E-state index contributed by atoms with van der Waals surface area (Å²) in [6, 6.07) is 20.4. The Balaban J connectivity index is 1.69. The van der Waals surface area contributed by atoms with Crippen molar-refractivity contribution in [2.24, 2.45) is 5.16 Å². The summed E-state index contributed by atoms with van der Waals surface area (Å²) in [4.78, 5) is 40.5. The summed E-state index contributed by atoms with van der Waals surface area (Å²) < 4.78 is 4.98. The van der Waals surface area contributed by atoms with Gasteiger partial charge >= 0.3 is 5.97 Å². The predicted molar refractivity (Wildman–Crippen MR) is 126 cm³/mol. The number of phenolic OH excluding ortho intramolecular Hbond substituents is 1.